The predicted octanol–water partition coefficient (Wildman–Crippen LogP) is 4.61. The first kappa shape index (κ1) is 45.5. The molecule has 16 nitrogen and oxygen atoms in total. The quantitative estimate of drug-likeness (QED) is 0.180. The molecule has 10 rings (SSSR count). The summed E-state index contributed by atoms with van der Waals surface area (Å²) in [7, 11) is 0. The van der Waals surface area contributed by atoms with Crippen LogP contribution in [0.1, 0.15) is 46.5 Å². The summed E-state index contributed by atoms with van der Waals surface area (Å²) in [6.45, 7) is 8.79. The highest BCUT2D eigenvalue weighted by Gasteiger charge is 2.28. The number of piperidine rings is 2. The molecule has 0 aliphatic carbocycles. The molecule has 0 spiro atoms. The van der Waals surface area contributed by atoms with Crippen molar-refractivity contribution in [1.29, 1.82) is 0 Å². The van der Waals surface area contributed by atoms with Crippen LogP contribution in [0.25, 0.3) is 57.0 Å². The van der Waals surface area contributed by atoms with Gasteiger partial charge in [-0.15, -0.1) is 0 Å². The number of amides is 1. The number of hydrogen-bond acceptors (Lipinski definition) is 12. The van der Waals surface area contributed by atoms with E-state index < -0.39 is 28.9 Å². The van der Waals surface area contributed by atoms with Gasteiger partial charge in [-0.2, -0.15) is 9.97 Å². The number of nitrogens with one attached hydrogen (secondary N) is 2. The SMILES string of the molecule is CC(C)(C)OC(=O)N1CCC(Nc2nccc(-c3c(-c4ccc(F)cc4F)nc4occn34)n2)CC1.Fc1ccc(-c2nc3occn3c2-c2ccnc(NC3CC[NH2+]CC3)n2)c(F)c1.[Cl-]. The molecule has 6 aromatic heterocycles. The van der Waals surface area contributed by atoms with Gasteiger partial charge in [0.2, 0.25) is 11.9 Å². The second kappa shape index (κ2) is 19.2. The molecule has 1 amide bonds. The number of likely N-dealkylation sites (tertiary alicyclic amines) is 1. The minimum absolute atomic E-state index is 0. The fourth-order valence-electron chi connectivity index (χ4n) is 7.89. The molecule has 2 aromatic carbocycles. The van der Waals surface area contributed by atoms with Crippen molar-refractivity contribution >= 4 is 29.7 Å². The number of carbonyl (C=O) groups is 1. The number of quaternary nitrogens is 1. The van der Waals surface area contributed by atoms with Crippen molar-refractivity contribution in [2.24, 2.45) is 0 Å². The van der Waals surface area contributed by atoms with E-state index in [9.17, 15) is 22.4 Å². The van der Waals surface area contributed by atoms with Crippen LogP contribution in [0.4, 0.5) is 34.3 Å². The Hall–Kier alpha value is -7.06. The van der Waals surface area contributed by atoms with Gasteiger partial charge < -0.3 is 46.8 Å². The first-order chi connectivity index (χ1) is 31.4. The first-order valence-electron chi connectivity index (χ1n) is 21.2. The van der Waals surface area contributed by atoms with Crippen molar-refractivity contribution in [3.63, 3.8) is 0 Å². The number of imidazole rings is 2. The van der Waals surface area contributed by atoms with Crippen molar-refractivity contribution in [3.8, 4) is 45.3 Å². The van der Waals surface area contributed by atoms with Crippen LogP contribution in [-0.4, -0.2) is 93.6 Å². The zero-order valence-electron chi connectivity index (χ0n) is 36.0. The highest BCUT2D eigenvalue weighted by atomic mass is 35.5. The molecule has 0 bridgehead atoms. The van der Waals surface area contributed by atoms with Gasteiger partial charge in [0.05, 0.1) is 24.5 Å². The normalized spacial score (nSPS) is 14.7. The molecule has 21 heteroatoms. The number of ether oxygens (including phenoxy) is 1. The van der Waals surface area contributed by atoms with E-state index >= 15 is 0 Å². The number of nitrogens with two attached hydrogens (primary N) is 1. The van der Waals surface area contributed by atoms with Gasteiger partial charge in [0.1, 0.15) is 64.2 Å². The average molecular weight is 929 g/mol. The molecule has 344 valence electrons. The molecular weight excluding hydrogens is 884 g/mol. The molecule has 66 heavy (non-hydrogen) atoms. The first-order valence-corrected chi connectivity index (χ1v) is 21.2. The predicted molar refractivity (Wildman–Crippen MR) is 230 cm³/mol. The van der Waals surface area contributed by atoms with Gasteiger partial charge in [0, 0.05) is 86.1 Å². The van der Waals surface area contributed by atoms with Crippen molar-refractivity contribution in [2.75, 3.05) is 36.8 Å². The number of aromatic nitrogens is 8. The van der Waals surface area contributed by atoms with Crippen molar-refractivity contribution in [2.45, 2.75) is 64.1 Å². The van der Waals surface area contributed by atoms with Crippen molar-refractivity contribution in [3.05, 3.63) is 109 Å². The monoisotopic (exact) mass is 928 g/mol. The van der Waals surface area contributed by atoms with Gasteiger partial charge in [-0.25, -0.2) is 42.3 Å². The number of anilines is 2. The third-order valence-corrected chi connectivity index (χ3v) is 10.9. The largest absolute Gasteiger partial charge is 1.00 e. The lowest BCUT2D eigenvalue weighted by atomic mass is 10.1. The van der Waals surface area contributed by atoms with E-state index in [0.717, 1.165) is 38.1 Å². The van der Waals surface area contributed by atoms with Crippen LogP contribution in [0.5, 0.6) is 0 Å². The summed E-state index contributed by atoms with van der Waals surface area (Å²) in [6, 6.07) is 10.6. The van der Waals surface area contributed by atoms with E-state index in [1.54, 1.807) is 50.6 Å². The molecular formula is C45H45ClF4N12O4. The van der Waals surface area contributed by atoms with Gasteiger partial charge in [0.25, 0.3) is 0 Å². The molecule has 8 aromatic rings. The molecule has 4 N–H and O–H groups in total. The Morgan fingerprint density at radius 1 is 0.697 bits per heavy atom. The summed E-state index contributed by atoms with van der Waals surface area (Å²) in [5.41, 5.74) is 2.49. The smallest absolute Gasteiger partial charge is 0.410 e. The van der Waals surface area contributed by atoms with Crippen LogP contribution in [0.2, 0.25) is 0 Å². The highest BCUT2D eigenvalue weighted by molar-refractivity contribution is 5.81. The van der Waals surface area contributed by atoms with E-state index in [-0.39, 0.29) is 47.2 Å². The molecule has 2 fully saturated rings. The van der Waals surface area contributed by atoms with Gasteiger partial charge in [-0.05, 0) is 70.0 Å². The number of halogens is 5. The van der Waals surface area contributed by atoms with Gasteiger partial charge in [-0.3, -0.25) is 8.80 Å². The third kappa shape index (κ3) is 9.93. The maximum absolute atomic E-state index is 14.6. The summed E-state index contributed by atoms with van der Waals surface area (Å²) < 4.78 is 75.6. The van der Waals surface area contributed by atoms with Gasteiger partial charge in [0.15, 0.2) is 0 Å². The van der Waals surface area contributed by atoms with Crippen molar-refractivity contribution < 1.29 is 53.7 Å². The second-order valence-corrected chi connectivity index (χ2v) is 16.7. The van der Waals surface area contributed by atoms with E-state index in [4.69, 9.17) is 13.6 Å². The molecule has 0 radical (unpaired) electrons. The lowest BCUT2D eigenvalue weighted by Crippen LogP contribution is -3.00. The van der Waals surface area contributed by atoms with Gasteiger partial charge >= 0.3 is 17.8 Å². The Bertz CT molecular complexity index is 2970. The number of oxazole rings is 2. The minimum atomic E-state index is -0.735. The maximum Gasteiger partial charge on any atom is 0.410 e. The number of rotatable bonds is 8. The molecule has 0 unspecified atom stereocenters. The molecule has 2 aliphatic heterocycles. The Kier molecular flexibility index (Phi) is 13.2. The van der Waals surface area contributed by atoms with Crippen LogP contribution in [0, 0.1) is 23.3 Å². The molecule has 2 saturated heterocycles. The minimum Gasteiger partial charge on any atom is -1.00 e. The average Bonchev–Trinajstić information content (AvgIpc) is 4.07. The van der Waals surface area contributed by atoms with E-state index in [2.05, 4.69) is 45.9 Å². The zero-order chi connectivity index (χ0) is 45.2. The maximum atomic E-state index is 14.6. The fraction of sp³-hybridized carbons (Fsp3) is 0.311. The van der Waals surface area contributed by atoms with E-state index in [1.165, 1.54) is 36.8 Å². The van der Waals surface area contributed by atoms with E-state index in [0.29, 0.717) is 78.2 Å². The zero-order valence-corrected chi connectivity index (χ0v) is 36.8. The van der Waals surface area contributed by atoms with E-state index in [1.807, 2.05) is 20.8 Å². The van der Waals surface area contributed by atoms with Crippen molar-refractivity contribution in [1.82, 2.24) is 43.6 Å². The number of benzene rings is 2. The molecule has 0 atom stereocenters. The Labute approximate surface area is 381 Å². The van der Waals surface area contributed by atoms with Crippen LogP contribution >= 0.6 is 0 Å². The Balaban J connectivity index is 0.000000180. The number of nitrogens with zero attached hydrogens (tertiary/aromatic N) is 9. The topological polar surface area (TPSA) is 183 Å². The Morgan fingerprint density at radius 3 is 1.62 bits per heavy atom. The summed E-state index contributed by atoms with van der Waals surface area (Å²) in [6.07, 6.45) is 12.7. The molecule has 2 aliphatic rings. The lowest BCUT2D eigenvalue weighted by molar-refractivity contribution is -0.662. The van der Waals surface area contributed by atoms with Gasteiger partial charge in [-0.1, -0.05) is 0 Å². The summed E-state index contributed by atoms with van der Waals surface area (Å²) >= 11 is 0. The van der Waals surface area contributed by atoms with Crippen LogP contribution in [-0.2, 0) is 4.74 Å². The summed E-state index contributed by atoms with van der Waals surface area (Å²) in [4.78, 5) is 40.8. The number of fused-ring (bicyclic) bond motifs is 2. The molecule has 8 heterocycles. The second-order valence-electron chi connectivity index (χ2n) is 16.7. The van der Waals surface area contributed by atoms with Crippen LogP contribution in [0.15, 0.2) is 94.7 Å². The Morgan fingerprint density at radius 2 is 1.17 bits per heavy atom. The number of hydrogen-bond donors (Lipinski definition) is 3. The summed E-state index contributed by atoms with van der Waals surface area (Å²) in [5.74, 6) is -1.29. The highest BCUT2D eigenvalue weighted by Crippen LogP contribution is 2.36. The fourth-order valence-corrected chi connectivity index (χ4v) is 7.89. The standard InChI is InChI=1S/C25H26F2N6O3.C20H18F2N6O.ClH/c1-25(2,3)36-24(34)32-10-7-16(8-11-32)29-22-28-9-6-19(30-22)21-20(31-23-33(21)12-13-35-23)17-5-4-15(26)14-18(17)27;21-12-1-2-14(15(22)11-12)17-18(28-9-10-29-20(28)27-17)16-5-8-24-19(26-16)25-13-3-6-23-7-4-13;/h4-6,9,12-14,16H,7-8,10-11H2,1-3H3,(H,28,29,30);1-2,5,8-11,13,23H,3-4,6-7H2,(H,24,25,26);1H. The lowest BCUT2D eigenvalue weighted by Gasteiger charge is -2.33. The molecule has 0 saturated carbocycles. The third-order valence-electron chi connectivity index (χ3n) is 10.9. The van der Waals surface area contributed by atoms with Crippen LogP contribution < -0.4 is 28.4 Å². The number of carbonyl (C=O) groups excluding carboxylic acids is 1. The summed E-state index contributed by atoms with van der Waals surface area (Å²) in [5, 5.41) is 9.01. The van der Waals surface area contributed by atoms with Crippen LogP contribution in [0.3, 0.4) is 0 Å².